The van der Waals surface area contributed by atoms with Gasteiger partial charge in [0, 0.05) is 29.3 Å². The fraction of sp³-hybridized carbons (Fsp3) is 0.188. The first-order valence-corrected chi connectivity index (χ1v) is 6.80. The quantitative estimate of drug-likeness (QED) is 0.282. The molecule has 1 aliphatic carbocycles. The van der Waals surface area contributed by atoms with Crippen molar-refractivity contribution in [2.45, 2.75) is 18.8 Å². The Bertz CT molecular complexity index is 704. The van der Waals surface area contributed by atoms with Crippen LogP contribution in [-0.2, 0) is 0 Å². The highest BCUT2D eigenvalue weighted by atomic mass is 16.6. The third-order valence-corrected chi connectivity index (χ3v) is 3.56. The first-order valence-electron chi connectivity index (χ1n) is 6.80. The Balaban J connectivity index is 1.90. The van der Waals surface area contributed by atoms with Crippen LogP contribution in [0.1, 0.15) is 29.9 Å². The maximum Gasteiger partial charge on any atom is 0.269 e. The van der Waals surface area contributed by atoms with E-state index in [1.807, 2.05) is 24.3 Å². The summed E-state index contributed by atoms with van der Waals surface area (Å²) in [5, 5.41) is 22.9. The molecule has 0 saturated heterocycles. The number of non-ortho nitro benzene ring substituents is 1. The summed E-state index contributed by atoms with van der Waals surface area (Å²) in [6.07, 6.45) is 3.70. The lowest BCUT2D eigenvalue weighted by Crippen LogP contribution is -2.01. The van der Waals surface area contributed by atoms with Crippen LogP contribution in [0.2, 0.25) is 0 Å². The van der Waals surface area contributed by atoms with Gasteiger partial charge in [0.1, 0.15) is 0 Å². The van der Waals surface area contributed by atoms with E-state index in [-0.39, 0.29) is 5.69 Å². The number of benzene rings is 2. The fourth-order valence-corrected chi connectivity index (χ4v) is 2.31. The van der Waals surface area contributed by atoms with E-state index in [2.05, 4.69) is 0 Å². The first kappa shape index (κ1) is 13.3. The summed E-state index contributed by atoms with van der Waals surface area (Å²) >= 11 is 0. The van der Waals surface area contributed by atoms with Crippen molar-refractivity contribution in [2.24, 2.45) is 0 Å². The van der Waals surface area contributed by atoms with Gasteiger partial charge in [-0.05, 0) is 30.9 Å². The molecule has 1 fully saturated rings. The molecule has 0 heterocycles. The van der Waals surface area contributed by atoms with Gasteiger partial charge in [-0.3, -0.25) is 10.1 Å². The molecular formula is C16H14N2O3. The molecule has 0 N–H and O–H groups in total. The van der Waals surface area contributed by atoms with Crippen molar-refractivity contribution in [3.8, 4) is 0 Å². The number of rotatable bonds is 4. The molecule has 106 valence electrons. The molecule has 3 rings (SSSR count). The number of hydrogen-bond donors (Lipinski definition) is 0. The lowest BCUT2D eigenvalue weighted by atomic mass is 10.1. The van der Waals surface area contributed by atoms with E-state index >= 15 is 0 Å². The molecule has 2 aromatic carbocycles. The Morgan fingerprint density at radius 3 is 2.29 bits per heavy atom. The molecule has 5 nitrogen and oxygen atoms in total. The molecule has 1 aliphatic rings. The standard InChI is InChI=1S/C16H14N2O3/c19-17(11-12-5-9-14(10-6-12)18(20)21)16-4-2-1-3-15(16)13-7-8-13/h1-6,9-11,13H,7-8H2/b17-11-. The van der Waals surface area contributed by atoms with Crippen LogP contribution in [0.5, 0.6) is 0 Å². The maximum atomic E-state index is 12.3. The van der Waals surface area contributed by atoms with Gasteiger partial charge >= 0.3 is 0 Å². The van der Waals surface area contributed by atoms with Gasteiger partial charge in [0.25, 0.3) is 5.69 Å². The SMILES string of the molecule is O=[N+]([O-])c1ccc(/C=[N+](\[O-])c2ccccc2C2CC2)cc1. The monoisotopic (exact) mass is 282 g/mol. The minimum Gasteiger partial charge on any atom is -0.618 e. The third kappa shape index (κ3) is 2.91. The molecule has 0 unspecified atom stereocenters. The summed E-state index contributed by atoms with van der Waals surface area (Å²) < 4.78 is 0.842. The van der Waals surface area contributed by atoms with E-state index in [0.29, 0.717) is 17.2 Å². The molecule has 0 radical (unpaired) electrons. The van der Waals surface area contributed by atoms with Crippen LogP contribution < -0.4 is 0 Å². The lowest BCUT2D eigenvalue weighted by Gasteiger charge is -2.07. The predicted octanol–water partition coefficient (Wildman–Crippen LogP) is 3.73. The summed E-state index contributed by atoms with van der Waals surface area (Å²) in [6.45, 7) is 0. The number of para-hydroxylation sites is 1. The lowest BCUT2D eigenvalue weighted by molar-refractivity contribution is -0.384. The molecule has 0 aromatic heterocycles. The van der Waals surface area contributed by atoms with Crippen molar-refractivity contribution in [1.82, 2.24) is 0 Å². The van der Waals surface area contributed by atoms with Crippen molar-refractivity contribution in [2.75, 3.05) is 0 Å². The highest BCUT2D eigenvalue weighted by Gasteiger charge is 2.28. The highest BCUT2D eigenvalue weighted by Crippen LogP contribution is 2.43. The zero-order valence-corrected chi connectivity index (χ0v) is 11.3. The normalized spacial score (nSPS) is 15.0. The largest absolute Gasteiger partial charge is 0.618 e. The molecule has 0 bridgehead atoms. The Hall–Kier alpha value is -2.69. The van der Waals surface area contributed by atoms with Crippen molar-refractivity contribution >= 4 is 17.6 Å². The Kier molecular flexibility index (Phi) is 3.39. The molecule has 1 saturated carbocycles. The van der Waals surface area contributed by atoms with Gasteiger partial charge in [0.2, 0.25) is 5.69 Å². The number of nitrogens with zero attached hydrogens (tertiary/aromatic N) is 2. The van der Waals surface area contributed by atoms with Gasteiger partial charge in [0.05, 0.1) is 4.92 Å². The zero-order valence-electron chi connectivity index (χ0n) is 11.3. The zero-order chi connectivity index (χ0) is 14.8. The minimum atomic E-state index is -0.457. The van der Waals surface area contributed by atoms with Crippen LogP contribution in [0.25, 0.3) is 0 Å². The summed E-state index contributed by atoms with van der Waals surface area (Å²) in [5.74, 6) is 0.489. The molecule has 0 spiro atoms. The van der Waals surface area contributed by atoms with E-state index in [4.69, 9.17) is 0 Å². The van der Waals surface area contributed by atoms with Gasteiger partial charge in [-0.25, -0.2) is 0 Å². The van der Waals surface area contributed by atoms with E-state index in [9.17, 15) is 15.3 Å². The van der Waals surface area contributed by atoms with Crippen LogP contribution in [0, 0.1) is 15.3 Å². The van der Waals surface area contributed by atoms with Crippen LogP contribution >= 0.6 is 0 Å². The molecule has 5 heteroatoms. The van der Waals surface area contributed by atoms with Crippen molar-refractivity contribution in [1.29, 1.82) is 0 Å². The molecule has 21 heavy (non-hydrogen) atoms. The van der Waals surface area contributed by atoms with E-state index < -0.39 is 4.92 Å². The van der Waals surface area contributed by atoms with E-state index in [1.165, 1.54) is 18.3 Å². The molecule has 2 aromatic rings. The second kappa shape index (κ2) is 5.36. The van der Waals surface area contributed by atoms with Gasteiger partial charge in [-0.15, -0.1) is 0 Å². The molecular weight excluding hydrogens is 268 g/mol. The highest BCUT2D eigenvalue weighted by molar-refractivity contribution is 5.77. The number of hydrogen-bond acceptors (Lipinski definition) is 3. The van der Waals surface area contributed by atoms with Crippen LogP contribution in [-0.4, -0.2) is 15.9 Å². The summed E-state index contributed by atoms with van der Waals surface area (Å²) in [7, 11) is 0. The number of nitro benzene ring substituents is 1. The van der Waals surface area contributed by atoms with Crippen LogP contribution in [0.15, 0.2) is 48.5 Å². The van der Waals surface area contributed by atoms with Crippen LogP contribution in [0.3, 0.4) is 0 Å². The predicted molar refractivity (Wildman–Crippen MR) is 80.0 cm³/mol. The van der Waals surface area contributed by atoms with Gasteiger partial charge < -0.3 is 5.21 Å². The molecule has 0 aliphatic heterocycles. The van der Waals surface area contributed by atoms with E-state index in [0.717, 1.165) is 23.1 Å². The second-order valence-electron chi connectivity index (χ2n) is 5.14. The second-order valence-corrected chi connectivity index (χ2v) is 5.14. The average molecular weight is 282 g/mol. The summed E-state index contributed by atoms with van der Waals surface area (Å²) in [5.41, 5.74) is 2.38. The first-order chi connectivity index (χ1) is 10.1. The Morgan fingerprint density at radius 1 is 1.00 bits per heavy atom. The molecule has 0 atom stereocenters. The molecule has 0 amide bonds. The fourth-order valence-electron chi connectivity index (χ4n) is 2.31. The van der Waals surface area contributed by atoms with Gasteiger partial charge in [0.15, 0.2) is 6.21 Å². The summed E-state index contributed by atoms with van der Waals surface area (Å²) in [4.78, 5) is 10.1. The van der Waals surface area contributed by atoms with Crippen LogP contribution in [0.4, 0.5) is 11.4 Å². The van der Waals surface area contributed by atoms with E-state index in [1.54, 1.807) is 12.1 Å². The van der Waals surface area contributed by atoms with Crippen molar-refractivity contribution in [3.63, 3.8) is 0 Å². The number of nitro groups is 1. The Morgan fingerprint density at radius 2 is 1.67 bits per heavy atom. The van der Waals surface area contributed by atoms with Gasteiger partial charge in [-0.2, -0.15) is 4.74 Å². The van der Waals surface area contributed by atoms with Crippen molar-refractivity contribution < 1.29 is 9.66 Å². The topological polar surface area (TPSA) is 69.2 Å². The van der Waals surface area contributed by atoms with Crippen molar-refractivity contribution in [3.05, 3.63) is 75.0 Å². The average Bonchev–Trinajstić information content (AvgIpc) is 3.32. The summed E-state index contributed by atoms with van der Waals surface area (Å²) in [6, 6.07) is 13.5. The Labute approximate surface area is 121 Å². The third-order valence-electron chi connectivity index (χ3n) is 3.56. The maximum absolute atomic E-state index is 12.3. The smallest absolute Gasteiger partial charge is 0.269 e. The minimum absolute atomic E-state index is 0.0166. The van der Waals surface area contributed by atoms with Gasteiger partial charge in [-0.1, -0.05) is 18.2 Å².